The van der Waals surface area contributed by atoms with E-state index in [1.165, 1.54) is 6.07 Å². The van der Waals surface area contributed by atoms with Crippen LogP contribution in [0.4, 0.5) is 0 Å². The molecule has 0 saturated carbocycles. The Morgan fingerprint density at radius 3 is 3.00 bits per heavy atom. The minimum atomic E-state index is -0.435. The molecule has 5 nitrogen and oxygen atoms in total. The summed E-state index contributed by atoms with van der Waals surface area (Å²) in [5.41, 5.74) is 1.13. The first-order valence-electron chi connectivity index (χ1n) is 3.19. The topological polar surface area (TPSA) is 77.8 Å². The number of aromatic amines is 1. The summed E-state index contributed by atoms with van der Waals surface area (Å²) < 4.78 is 6.73. The Kier molecular flexibility index (Phi) is 1.47. The second-order valence-corrected chi connectivity index (χ2v) is 2.78. The van der Waals surface area contributed by atoms with E-state index in [1.807, 2.05) is 0 Å². The van der Waals surface area contributed by atoms with Crippen LogP contribution >= 0.6 is 11.7 Å². The summed E-state index contributed by atoms with van der Waals surface area (Å²) in [6.45, 7) is 0. The number of rotatable bonds is 0. The van der Waals surface area contributed by atoms with Crippen molar-refractivity contribution in [1.29, 1.82) is 0 Å². The van der Waals surface area contributed by atoms with Crippen LogP contribution in [0.3, 0.4) is 0 Å². The number of hydrogen-bond donors (Lipinski definition) is 1. The van der Waals surface area contributed by atoms with E-state index in [0.717, 1.165) is 11.7 Å². The van der Waals surface area contributed by atoms with E-state index in [2.05, 4.69) is 8.75 Å². The lowest BCUT2D eigenvalue weighted by molar-refractivity contribution is 0.965. The van der Waals surface area contributed by atoms with E-state index < -0.39 is 4.90 Å². The molecule has 0 fully saturated rings. The molecule has 0 amide bonds. The Bertz CT molecular complexity index is 429. The van der Waals surface area contributed by atoms with Crippen LogP contribution in [0.5, 0.6) is 0 Å². The smallest absolute Gasteiger partial charge is 0.251 e. The zero-order valence-electron chi connectivity index (χ0n) is 5.85. The van der Waals surface area contributed by atoms with Crippen LogP contribution in [0.15, 0.2) is 18.2 Å². The Labute approximate surface area is 71.4 Å². The molecule has 0 radical (unpaired) electrons. The molecule has 2 aliphatic rings. The summed E-state index contributed by atoms with van der Waals surface area (Å²) in [6, 6.07) is 4.83. The summed E-state index contributed by atoms with van der Waals surface area (Å²) >= 11 is 1.10. The van der Waals surface area contributed by atoms with Crippen molar-refractivity contribution in [2.75, 3.05) is 0 Å². The molecule has 1 aliphatic carbocycles. The monoisotopic (exact) mass is 182 g/mol. The normalized spacial score (nSPS) is 10.3. The molecule has 1 aliphatic heterocycles. The summed E-state index contributed by atoms with van der Waals surface area (Å²) in [5.74, 6) is 0. The second kappa shape index (κ2) is 2.49. The quantitative estimate of drug-likeness (QED) is 0.597. The molecule has 6 heteroatoms. The summed E-state index contributed by atoms with van der Waals surface area (Å²) in [5, 5.41) is 21.0. The third-order valence-electron chi connectivity index (χ3n) is 1.50. The van der Waals surface area contributed by atoms with Gasteiger partial charge >= 0.3 is 0 Å². The van der Waals surface area contributed by atoms with Crippen molar-refractivity contribution in [2.45, 2.75) is 0 Å². The molecule has 0 saturated heterocycles. The molecule has 0 aromatic carbocycles. The van der Waals surface area contributed by atoms with E-state index in [0.29, 0.717) is 11.4 Å². The highest BCUT2D eigenvalue weighted by Gasteiger charge is 2.09. The molecular weight excluding hydrogens is 178 g/mol. The van der Waals surface area contributed by atoms with Crippen molar-refractivity contribution < 1.29 is 0 Å². The fourth-order valence-corrected chi connectivity index (χ4v) is 1.57. The SMILES string of the molecule is [O-][N+]([O-])=c1cccc2[nH]snc1-2. The second-order valence-electron chi connectivity index (χ2n) is 2.22. The van der Waals surface area contributed by atoms with Crippen LogP contribution in [0.2, 0.25) is 0 Å². The van der Waals surface area contributed by atoms with E-state index in [9.17, 15) is 10.4 Å². The van der Waals surface area contributed by atoms with Gasteiger partial charge in [0.05, 0.1) is 5.69 Å². The predicted octanol–water partition coefficient (Wildman–Crippen LogP) is 0.344. The van der Waals surface area contributed by atoms with Gasteiger partial charge in [0, 0.05) is 17.8 Å². The van der Waals surface area contributed by atoms with Crippen molar-refractivity contribution in [3.8, 4) is 11.4 Å². The van der Waals surface area contributed by atoms with Gasteiger partial charge in [0.2, 0.25) is 0 Å². The van der Waals surface area contributed by atoms with Crippen molar-refractivity contribution in [3.63, 3.8) is 0 Å². The molecule has 0 unspecified atom stereocenters. The maximum atomic E-state index is 10.5. The van der Waals surface area contributed by atoms with Crippen LogP contribution in [-0.2, 0) is 0 Å². The zero-order valence-corrected chi connectivity index (χ0v) is 6.67. The fourth-order valence-electron chi connectivity index (χ4n) is 0.975. The van der Waals surface area contributed by atoms with Gasteiger partial charge in [-0.25, -0.2) is 0 Å². The van der Waals surface area contributed by atoms with Crippen molar-refractivity contribution >= 4 is 11.7 Å². The number of benzene rings is 1. The Morgan fingerprint density at radius 1 is 1.42 bits per heavy atom. The molecule has 0 atom stereocenters. The molecule has 0 bridgehead atoms. The average Bonchev–Trinajstić information content (AvgIpc) is 2.49. The Hall–Kier alpha value is -1.56. The molecule has 0 aromatic heterocycles. The summed E-state index contributed by atoms with van der Waals surface area (Å²) in [4.78, 5) is -0.435. The van der Waals surface area contributed by atoms with Gasteiger partial charge in [-0.05, 0) is 6.07 Å². The summed E-state index contributed by atoms with van der Waals surface area (Å²) in [6.07, 6.45) is 0. The standard InChI is InChI=1S/C6H4N3O2S/c10-9(11)5-3-1-2-4-6(5)8-12-7-4/h1-3,7H/q-1. The fraction of sp³-hybridized carbons (Fsp3) is 0. The van der Waals surface area contributed by atoms with Gasteiger partial charge in [-0.3, -0.25) is 4.37 Å². The third kappa shape index (κ3) is 0.928. The molecular formula is C6H4N3O2S-. The van der Waals surface area contributed by atoms with Gasteiger partial charge in [0.15, 0.2) is 5.69 Å². The highest BCUT2D eigenvalue weighted by atomic mass is 32.1. The van der Waals surface area contributed by atoms with E-state index in [1.54, 1.807) is 12.1 Å². The molecule has 0 aromatic rings. The van der Waals surface area contributed by atoms with Gasteiger partial charge in [-0.15, -0.1) is 0 Å². The van der Waals surface area contributed by atoms with Gasteiger partial charge < -0.3 is 10.4 Å². The first-order valence-corrected chi connectivity index (χ1v) is 3.97. The van der Waals surface area contributed by atoms with Gasteiger partial charge in [-0.2, -0.15) is 9.28 Å². The van der Waals surface area contributed by atoms with Crippen LogP contribution in [0, 0.1) is 10.4 Å². The number of aromatic nitrogens is 2. The minimum Gasteiger partial charge on any atom is -0.612 e. The van der Waals surface area contributed by atoms with Crippen molar-refractivity contribution in [1.82, 2.24) is 13.6 Å². The number of fused-ring (bicyclic) bond motifs is 1. The summed E-state index contributed by atoms with van der Waals surface area (Å²) in [7, 11) is 0. The molecule has 1 heterocycles. The Balaban J connectivity index is 2.89. The van der Waals surface area contributed by atoms with E-state index in [-0.39, 0.29) is 5.36 Å². The Morgan fingerprint density at radius 2 is 2.25 bits per heavy atom. The minimum absolute atomic E-state index is 0.0463. The van der Waals surface area contributed by atoms with Crippen LogP contribution in [0.1, 0.15) is 0 Å². The van der Waals surface area contributed by atoms with Crippen LogP contribution < -0.4 is 10.3 Å². The van der Waals surface area contributed by atoms with Gasteiger partial charge in [0.1, 0.15) is 0 Å². The van der Waals surface area contributed by atoms with E-state index >= 15 is 0 Å². The average molecular weight is 182 g/mol. The lowest BCUT2D eigenvalue weighted by Crippen LogP contribution is -2.20. The molecule has 1 N–H and O–H groups in total. The first-order chi connectivity index (χ1) is 5.79. The predicted molar refractivity (Wildman–Crippen MR) is 45.1 cm³/mol. The number of hydrogen-bond acceptors (Lipinski definition) is 4. The third-order valence-corrected chi connectivity index (χ3v) is 2.09. The van der Waals surface area contributed by atoms with Crippen LogP contribution in [0.25, 0.3) is 11.4 Å². The molecule has 0 spiro atoms. The highest BCUT2D eigenvalue weighted by Crippen LogP contribution is 2.12. The maximum absolute atomic E-state index is 10.5. The molecule has 2 rings (SSSR count). The van der Waals surface area contributed by atoms with Gasteiger partial charge in [-0.1, -0.05) is 6.07 Å². The van der Waals surface area contributed by atoms with Crippen molar-refractivity contribution in [2.24, 2.45) is 0 Å². The first kappa shape index (κ1) is 7.11. The largest absolute Gasteiger partial charge is 0.612 e. The molecule has 12 heavy (non-hydrogen) atoms. The number of nitrogens with one attached hydrogen (secondary N) is 1. The lowest BCUT2D eigenvalue weighted by atomic mass is 10.2. The van der Waals surface area contributed by atoms with Crippen molar-refractivity contribution in [3.05, 3.63) is 34.0 Å². The highest BCUT2D eigenvalue weighted by molar-refractivity contribution is 6.99. The number of nitrogens with zero attached hydrogens (tertiary/aromatic N) is 2. The maximum Gasteiger partial charge on any atom is 0.251 e. The molecule has 62 valence electrons. The van der Waals surface area contributed by atoms with E-state index in [4.69, 9.17) is 0 Å². The number of H-pyrrole nitrogens is 1. The van der Waals surface area contributed by atoms with Crippen LogP contribution in [-0.4, -0.2) is 8.75 Å². The van der Waals surface area contributed by atoms with Gasteiger partial charge in [0.25, 0.3) is 5.36 Å². The lowest BCUT2D eigenvalue weighted by Gasteiger charge is -2.02. The zero-order chi connectivity index (χ0) is 8.55.